The third kappa shape index (κ3) is 3.54. The first kappa shape index (κ1) is 20.0. The van der Waals surface area contributed by atoms with E-state index in [-0.39, 0.29) is 17.7 Å². The fourth-order valence-electron chi connectivity index (χ4n) is 3.37. The number of methoxy groups -OCH3 is 1. The Balaban J connectivity index is 1.64. The van der Waals surface area contributed by atoms with Crippen molar-refractivity contribution in [2.24, 2.45) is 0 Å². The van der Waals surface area contributed by atoms with E-state index in [9.17, 15) is 9.18 Å². The molecule has 1 aromatic carbocycles. The van der Waals surface area contributed by atoms with Gasteiger partial charge in [-0.2, -0.15) is 0 Å². The monoisotopic (exact) mass is 425 g/mol. The van der Waals surface area contributed by atoms with Gasteiger partial charge in [0.2, 0.25) is 0 Å². The van der Waals surface area contributed by atoms with Crippen molar-refractivity contribution in [3.63, 3.8) is 0 Å². The minimum atomic E-state index is -0.467. The van der Waals surface area contributed by atoms with Crippen LogP contribution in [0.25, 0.3) is 21.8 Å². The highest BCUT2D eigenvalue weighted by atomic mass is 32.1. The van der Waals surface area contributed by atoms with Gasteiger partial charge in [0.15, 0.2) is 23.2 Å². The van der Waals surface area contributed by atoms with Crippen molar-refractivity contribution in [1.29, 1.82) is 0 Å². The second kappa shape index (κ2) is 7.87. The molecular formula is C22H20FN3O3S. The molecule has 0 spiro atoms. The van der Waals surface area contributed by atoms with Crippen LogP contribution in [0.1, 0.15) is 39.5 Å². The van der Waals surface area contributed by atoms with Gasteiger partial charge in [-0.25, -0.2) is 14.4 Å². The maximum absolute atomic E-state index is 14.0. The van der Waals surface area contributed by atoms with Crippen LogP contribution in [0.5, 0.6) is 5.75 Å². The van der Waals surface area contributed by atoms with Gasteiger partial charge in [0.05, 0.1) is 30.0 Å². The minimum absolute atomic E-state index is 0.166. The molecule has 0 fully saturated rings. The summed E-state index contributed by atoms with van der Waals surface area (Å²) in [5, 5.41) is 3.80. The van der Waals surface area contributed by atoms with E-state index < -0.39 is 5.82 Å². The number of aryl methyl sites for hydroxylation is 2. The molecule has 0 aliphatic heterocycles. The van der Waals surface area contributed by atoms with Crippen LogP contribution in [0.2, 0.25) is 0 Å². The number of benzene rings is 1. The van der Waals surface area contributed by atoms with Crippen LogP contribution in [-0.2, 0) is 0 Å². The number of carbonyl (C=O) groups excluding carboxylic acids is 1. The van der Waals surface area contributed by atoms with Crippen molar-refractivity contribution >= 4 is 27.5 Å². The van der Waals surface area contributed by atoms with Gasteiger partial charge >= 0.3 is 0 Å². The number of thiophene rings is 1. The molecule has 4 rings (SSSR count). The number of amides is 1. The van der Waals surface area contributed by atoms with Gasteiger partial charge in [-0.3, -0.25) is 4.79 Å². The number of rotatable bonds is 5. The lowest BCUT2D eigenvalue weighted by Gasteiger charge is -2.15. The number of aromatic nitrogens is 2. The molecule has 3 heterocycles. The summed E-state index contributed by atoms with van der Waals surface area (Å²) in [4.78, 5) is 23.4. The number of hydrogen-bond acceptors (Lipinski definition) is 6. The zero-order chi connectivity index (χ0) is 21.4. The van der Waals surface area contributed by atoms with Gasteiger partial charge in [-0.15, -0.1) is 11.3 Å². The molecule has 0 bridgehead atoms. The normalized spacial score (nSPS) is 12.2. The predicted octanol–water partition coefficient (Wildman–Crippen LogP) is 5.21. The van der Waals surface area contributed by atoms with Crippen LogP contribution in [0.4, 0.5) is 4.39 Å². The Hall–Kier alpha value is -3.26. The molecule has 1 amide bonds. The van der Waals surface area contributed by atoms with E-state index in [0.29, 0.717) is 22.0 Å². The number of halogens is 1. The van der Waals surface area contributed by atoms with Crippen LogP contribution in [0.15, 0.2) is 41.0 Å². The third-order valence-corrected chi connectivity index (χ3v) is 6.13. The van der Waals surface area contributed by atoms with Gasteiger partial charge in [-0.05, 0) is 56.2 Å². The van der Waals surface area contributed by atoms with Crippen LogP contribution in [0.3, 0.4) is 0 Å². The maximum Gasteiger partial charge on any atom is 0.262 e. The van der Waals surface area contributed by atoms with E-state index >= 15 is 0 Å². The maximum atomic E-state index is 14.0. The molecule has 0 saturated carbocycles. The molecule has 154 valence electrons. The molecule has 0 radical (unpaired) electrons. The van der Waals surface area contributed by atoms with E-state index in [1.54, 1.807) is 30.5 Å². The molecule has 6 nitrogen and oxygen atoms in total. The Kier molecular flexibility index (Phi) is 5.26. The molecule has 1 N–H and O–H groups in total. The minimum Gasteiger partial charge on any atom is -0.494 e. The number of nitrogens with one attached hydrogen (secondary N) is 1. The molecule has 8 heteroatoms. The van der Waals surface area contributed by atoms with Crippen LogP contribution >= 0.6 is 11.3 Å². The smallest absolute Gasteiger partial charge is 0.262 e. The van der Waals surface area contributed by atoms with Crippen molar-refractivity contribution in [2.45, 2.75) is 26.8 Å². The number of ether oxygens (including phenoxy) is 1. The highest BCUT2D eigenvalue weighted by molar-refractivity contribution is 7.20. The zero-order valence-electron chi connectivity index (χ0n) is 16.9. The van der Waals surface area contributed by atoms with Gasteiger partial charge in [0.25, 0.3) is 5.91 Å². The van der Waals surface area contributed by atoms with Crippen molar-refractivity contribution in [1.82, 2.24) is 15.3 Å². The SMILES string of the molecule is COc1ccc(C(C)NC(=O)c2sc3nc(-c4ccco4)nc(C)c3c2C)cc1F. The Morgan fingerprint density at radius 2 is 2.07 bits per heavy atom. The first-order chi connectivity index (χ1) is 14.4. The highest BCUT2D eigenvalue weighted by Crippen LogP contribution is 2.33. The summed E-state index contributed by atoms with van der Waals surface area (Å²) < 4.78 is 24.4. The summed E-state index contributed by atoms with van der Waals surface area (Å²) in [5.74, 6) is 0.523. The predicted molar refractivity (Wildman–Crippen MR) is 113 cm³/mol. The second-order valence-corrected chi connectivity index (χ2v) is 7.93. The molecular weight excluding hydrogens is 405 g/mol. The summed E-state index contributed by atoms with van der Waals surface area (Å²) in [5.41, 5.74) is 2.25. The zero-order valence-corrected chi connectivity index (χ0v) is 17.8. The summed E-state index contributed by atoms with van der Waals surface area (Å²) in [6.07, 6.45) is 1.57. The van der Waals surface area contributed by atoms with Gasteiger partial charge in [-0.1, -0.05) is 6.07 Å². The number of nitrogens with zero attached hydrogens (tertiary/aromatic N) is 2. The Labute approximate surface area is 176 Å². The van der Waals surface area contributed by atoms with E-state index in [4.69, 9.17) is 9.15 Å². The summed E-state index contributed by atoms with van der Waals surface area (Å²) in [6.45, 7) is 5.58. The van der Waals surface area contributed by atoms with Gasteiger partial charge in [0.1, 0.15) is 4.83 Å². The Morgan fingerprint density at radius 1 is 1.27 bits per heavy atom. The number of fused-ring (bicyclic) bond motifs is 1. The number of hydrogen-bond donors (Lipinski definition) is 1. The lowest BCUT2D eigenvalue weighted by molar-refractivity contribution is 0.0943. The quantitative estimate of drug-likeness (QED) is 0.475. The fraction of sp³-hybridized carbons (Fsp3) is 0.227. The van der Waals surface area contributed by atoms with E-state index in [0.717, 1.165) is 21.5 Å². The van der Waals surface area contributed by atoms with Gasteiger partial charge < -0.3 is 14.5 Å². The van der Waals surface area contributed by atoms with Crippen molar-refractivity contribution in [2.75, 3.05) is 7.11 Å². The molecule has 0 aliphatic rings. The van der Waals surface area contributed by atoms with Crippen molar-refractivity contribution in [3.8, 4) is 17.3 Å². The van der Waals surface area contributed by atoms with Crippen LogP contribution in [-0.4, -0.2) is 23.0 Å². The summed E-state index contributed by atoms with van der Waals surface area (Å²) in [7, 11) is 1.41. The summed E-state index contributed by atoms with van der Waals surface area (Å²) >= 11 is 1.31. The topological polar surface area (TPSA) is 77.2 Å². The molecule has 0 saturated heterocycles. The molecule has 1 atom stereocenters. The molecule has 3 aromatic heterocycles. The lowest BCUT2D eigenvalue weighted by atomic mass is 10.1. The lowest BCUT2D eigenvalue weighted by Crippen LogP contribution is -2.26. The van der Waals surface area contributed by atoms with E-state index in [1.807, 2.05) is 20.8 Å². The average Bonchev–Trinajstić information content (AvgIpc) is 3.36. The van der Waals surface area contributed by atoms with Crippen LogP contribution in [0, 0.1) is 19.7 Å². The first-order valence-electron chi connectivity index (χ1n) is 9.35. The summed E-state index contributed by atoms with van der Waals surface area (Å²) in [6, 6.07) is 7.84. The molecule has 1 unspecified atom stereocenters. The van der Waals surface area contributed by atoms with E-state index in [1.165, 1.54) is 24.5 Å². The molecule has 4 aromatic rings. The fourth-order valence-corrected chi connectivity index (χ4v) is 4.50. The van der Waals surface area contributed by atoms with Gasteiger partial charge in [0, 0.05) is 5.39 Å². The third-order valence-electron chi connectivity index (χ3n) is 4.94. The largest absolute Gasteiger partial charge is 0.494 e. The standard InChI is InChI=1S/C22H20FN3O3S/c1-11-18-13(3)24-20(17-6-5-9-29-17)26-22(18)30-19(11)21(27)25-12(2)14-7-8-16(28-4)15(23)10-14/h5-10,12H,1-4H3,(H,25,27). The Bertz CT molecular complexity index is 1230. The average molecular weight is 425 g/mol. The van der Waals surface area contributed by atoms with E-state index in [2.05, 4.69) is 15.3 Å². The first-order valence-corrected chi connectivity index (χ1v) is 10.2. The number of furan rings is 1. The highest BCUT2D eigenvalue weighted by Gasteiger charge is 2.22. The number of carbonyl (C=O) groups is 1. The van der Waals surface area contributed by atoms with Crippen LogP contribution < -0.4 is 10.1 Å². The van der Waals surface area contributed by atoms with Crippen molar-refractivity contribution < 1.29 is 18.3 Å². The molecule has 0 aliphatic carbocycles. The molecule has 30 heavy (non-hydrogen) atoms. The second-order valence-electron chi connectivity index (χ2n) is 6.94. The Morgan fingerprint density at radius 3 is 2.73 bits per heavy atom. The van der Waals surface area contributed by atoms with Crippen molar-refractivity contribution in [3.05, 3.63) is 64.1 Å².